The Morgan fingerprint density at radius 2 is 2.08 bits per heavy atom. The summed E-state index contributed by atoms with van der Waals surface area (Å²) in [5.74, 6) is 0.665. The minimum Gasteiger partial charge on any atom is -0.266 e. The van der Waals surface area contributed by atoms with Crippen LogP contribution >= 0.6 is 11.3 Å². The van der Waals surface area contributed by atoms with Crippen LogP contribution in [0, 0.1) is 12.8 Å². The third-order valence-corrected chi connectivity index (χ3v) is 6.02. The molecule has 0 unspecified atom stereocenters. The maximum atomic E-state index is 12.4. The smallest absolute Gasteiger partial charge is 0.266 e. The van der Waals surface area contributed by atoms with E-state index >= 15 is 0 Å². The van der Waals surface area contributed by atoms with Gasteiger partial charge in [0.2, 0.25) is 0 Å². The van der Waals surface area contributed by atoms with Gasteiger partial charge in [0.05, 0.1) is 10.6 Å². The van der Waals surface area contributed by atoms with Gasteiger partial charge in [0, 0.05) is 4.88 Å². The molecule has 0 aliphatic heterocycles. The van der Waals surface area contributed by atoms with E-state index in [4.69, 9.17) is 0 Å². The number of aryl methyl sites for hydroxylation is 2. The molecule has 1 heterocycles. The normalized spacial score (nSPS) is 17.5. The summed E-state index contributed by atoms with van der Waals surface area (Å²) < 4.78 is 0. The summed E-state index contributed by atoms with van der Waals surface area (Å²) in [4.78, 5) is 14.5. The van der Waals surface area contributed by atoms with Gasteiger partial charge in [-0.25, -0.2) is 5.43 Å². The van der Waals surface area contributed by atoms with Crippen LogP contribution in [-0.2, 0) is 12.8 Å². The zero-order valence-electron chi connectivity index (χ0n) is 14.6. The number of carbonyl (C=O) groups excluding carboxylic acids is 1. The number of thiophene rings is 1. The molecule has 0 radical (unpaired) electrons. The molecular formula is C20H24N2OS. The Labute approximate surface area is 147 Å². The Kier molecular flexibility index (Phi) is 5.14. The van der Waals surface area contributed by atoms with Crippen molar-refractivity contribution in [3.8, 4) is 0 Å². The fourth-order valence-corrected chi connectivity index (χ4v) is 4.21. The second kappa shape index (κ2) is 7.31. The second-order valence-electron chi connectivity index (χ2n) is 6.58. The minimum atomic E-state index is -0.103. The first-order chi connectivity index (χ1) is 11.6. The van der Waals surface area contributed by atoms with Gasteiger partial charge >= 0.3 is 0 Å². The van der Waals surface area contributed by atoms with Gasteiger partial charge in [-0.15, -0.1) is 11.3 Å². The average Bonchev–Trinajstić information content (AvgIpc) is 3.03. The molecule has 1 amide bonds. The van der Waals surface area contributed by atoms with Gasteiger partial charge in [-0.05, 0) is 56.2 Å². The summed E-state index contributed by atoms with van der Waals surface area (Å²) in [6, 6.07) is 10.2. The van der Waals surface area contributed by atoms with Crippen molar-refractivity contribution in [2.24, 2.45) is 11.0 Å². The summed E-state index contributed by atoms with van der Waals surface area (Å²) in [6.07, 6.45) is 4.69. The van der Waals surface area contributed by atoms with Crippen LogP contribution in [0.3, 0.4) is 0 Å². The third kappa shape index (κ3) is 3.75. The number of benzene rings is 1. The topological polar surface area (TPSA) is 41.5 Å². The van der Waals surface area contributed by atoms with E-state index < -0.39 is 0 Å². The highest BCUT2D eigenvalue weighted by molar-refractivity contribution is 7.14. The lowest BCUT2D eigenvalue weighted by molar-refractivity contribution is 0.0959. The Balaban J connectivity index is 1.68. The standard InChI is InChI=1S/C20H24N2OS/c1-4-15-7-10-18-17(11-15)12-19(24-18)20(23)22-21-14(3)16-8-5-13(2)6-9-16/h5-6,8-9,12,15H,4,7,10-11H2,1-3H3,(H,22,23)/b21-14-/t15-/m1/s1. The molecule has 24 heavy (non-hydrogen) atoms. The molecular weight excluding hydrogens is 316 g/mol. The molecule has 2 aromatic rings. The quantitative estimate of drug-likeness (QED) is 0.635. The molecule has 0 saturated heterocycles. The zero-order valence-corrected chi connectivity index (χ0v) is 15.4. The van der Waals surface area contributed by atoms with E-state index in [-0.39, 0.29) is 5.91 Å². The van der Waals surface area contributed by atoms with Gasteiger partial charge in [0.1, 0.15) is 0 Å². The third-order valence-electron chi connectivity index (χ3n) is 4.78. The summed E-state index contributed by atoms with van der Waals surface area (Å²) in [5, 5.41) is 4.26. The number of hydrazone groups is 1. The number of hydrogen-bond donors (Lipinski definition) is 1. The fraction of sp³-hybridized carbons (Fsp3) is 0.400. The largest absolute Gasteiger partial charge is 0.281 e. The SMILES string of the molecule is CC[C@@H]1CCc2sc(C(=O)N/N=C(/C)c3ccc(C)cc3)cc2C1. The number of fused-ring (bicyclic) bond motifs is 1. The molecule has 0 fully saturated rings. The van der Waals surface area contributed by atoms with Crippen LogP contribution in [0.1, 0.15) is 57.9 Å². The van der Waals surface area contributed by atoms with Gasteiger partial charge in [0.25, 0.3) is 5.91 Å². The molecule has 1 aromatic carbocycles. The van der Waals surface area contributed by atoms with E-state index in [0.717, 1.165) is 34.9 Å². The predicted octanol–water partition coefficient (Wildman–Crippen LogP) is 4.73. The Bertz CT molecular complexity index is 758. The van der Waals surface area contributed by atoms with Crippen molar-refractivity contribution < 1.29 is 4.79 Å². The first-order valence-electron chi connectivity index (χ1n) is 8.60. The highest BCUT2D eigenvalue weighted by atomic mass is 32.1. The van der Waals surface area contributed by atoms with Crippen molar-refractivity contribution in [1.82, 2.24) is 5.43 Å². The molecule has 1 aliphatic rings. The van der Waals surface area contributed by atoms with E-state index in [1.54, 1.807) is 11.3 Å². The zero-order chi connectivity index (χ0) is 17.1. The second-order valence-corrected chi connectivity index (χ2v) is 7.72. The Hall–Kier alpha value is -1.94. The molecule has 1 N–H and O–H groups in total. The minimum absolute atomic E-state index is 0.103. The van der Waals surface area contributed by atoms with Crippen molar-refractivity contribution in [2.75, 3.05) is 0 Å². The average molecular weight is 340 g/mol. The number of amides is 1. The molecule has 1 atom stereocenters. The van der Waals surface area contributed by atoms with Crippen LogP contribution in [0.25, 0.3) is 0 Å². The highest BCUT2D eigenvalue weighted by Crippen LogP contribution is 2.33. The number of hydrogen-bond acceptors (Lipinski definition) is 3. The van der Waals surface area contributed by atoms with E-state index in [0.29, 0.717) is 0 Å². The molecule has 3 nitrogen and oxygen atoms in total. The first kappa shape index (κ1) is 16.9. The van der Waals surface area contributed by atoms with Crippen LogP contribution in [-0.4, -0.2) is 11.6 Å². The molecule has 0 saturated carbocycles. The van der Waals surface area contributed by atoms with Gasteiger partial charge in [-0.2, -0.15) is 5.10 Å². The van der Waals surface area contributed by atoms with E-state index in [2.05, 4.69) is 30.4 Å². The summed E-state index contributed by atoms with van der Waals surface area (Å²) in [7, 11) is 0. The fourth-order valence-electron chi connectivity index (χ4n) is 3.11. The molecule has 0 spiro atoms. The van der Waals surface area contributed by atoms with E-state index in [1.807, 2.05) is 31.2 Å². The van der Waals surface area contributed by atoms with Gasteiger partial charge in [-0.1, -0.05) is 43.2 Å². The van der Waals surface area contributed by atoms with Gasteiger partial charge < -0.3 is 0 Å². The summed E-state index contributed by atoms with van der Waals surface area (Å²) >= 11 is 1.62. The molecule has 0 bridgehead atoms. The number of nitrogens with one attached hydrogen (secondary N) is 1. The van der Waals surface area contributed by atoms with Crippen LogP contribution in [0.2, 0.25) is 0 Å². The number of carbonyl (C=O) groups is 1. The molecule has 3 rings (SSSR count). The number of nitrogens with zero attached hydrogens (tertiary/aromatic N) is 1. The van der Waals surface area contributed by atoms with Gasteiger partial charge in [0.15, 0.2) is 0 Å². The van der Waals surface area contributed by atoms with Crippen LogP contribution < -0.4 is 5.43 Å². The van der Waals surface area contributed by atoms with Crippen molar-refractivity contribution in [1.29, 1.82) is 0 Å². The monoisotopic (exact) mass is 340 g/mol. The molecule has 4 heteroatoms. The predicted molar refractivity (Wildman–Crippen MR) is 101 cm³/mol. The maximum Gasteiger partial charge on any atom is 0.281 e. The highest BCUT2D eigenvalue weighted by Gasteiger charge is 2.21. The lowest BCUT2D eigenvalue weighted by Crippen LogP contribution is -2.18. The van der Waals surface area contributed by atoms with Crippen molar-refractivity contribution in [2.45, 2.75) is 46.5 Å². The van der Waals surface area contributed by atoms with Crippen molar-refractivity contribution >= 4 is 23.0 Å². The lowest BCUT2D eigenvalue weighted by atomic mass is 9.87. The van der Waals surface area contributed by atoms with E-state index in [9.17, 15) is 4.79 Å². The lowest BCUT2D eigenvalue weighted by Gasteiger charge is -2.19. The van der Waals surface area contributed by atoms with E-state index in [1.165, 1.54) is 28.8 Å². The van der Waals surface area contributed by atoms with Gasteiger partial charge in [-0.3, -0.25) is 4.79 Å². The molecule has 1 aromatic heterocycles. The van der Waals surface area contributed by atoms with Crippen LogP contribution in [0.4, 0.5) is 0 Å². The Morgan fingerprint density at radius 1 is 1.33 bits per heavy atom. The molecule has 1 aliphatic carbocycles. The van der Waals surface area contributed by atoms with Crippen LogP contribution in [0.5, 0.6) is 0 Å². The Morgan fingerprint density at radius 3 is 2.79 bits per heavy atom. The number of rotatable bonds is 4. The van der Waals surface area contributed by atoms with Crippen molar-refractivity contribution in [3.05, 3.63) is 56.8 Å². The summed E-state index contributed by atoms with van der Waals surface area (Å²) in [6.45, 7) is 6.22. The van der Waals surface area contributed by atoms with Crippen LogP contribution in [0.15, 0.2) is 35.4 Å². The molecule has 126 valence electrons. The van der Waals surface area contributed by atoms with Crippen molar-refractivity contribution in [3.63, 3.8) is 0 Å². The first-order valence-corrected chi connectivity index (χ1v) is 9.41. The maximum absolute atomic E-state index is 12.4. The summed E-state index contributed by atoms with van der Waals surface area (Å²) in [5.41, 5.74) is 7.12.